The molecule has 0 radical (unpaired) electrons. The molecule has 138 valence electrons. The Bertz CT molecular complexity index is 899. The molecule has 1 heterocycles. The highest BCUT2D eigenvalue weighted by Crippen LogP contribution is 2.27. The Morgan fingerprint density at radius 1 is 1.00 bits per heavy atom. The van der Waals surface area contributed by atoms with Gasteiger partial charge in [-0.15, -0.1) is 0 Å². The van der Waals surface area contributed by atoms with E-state index < -0.39 is 11.6 Å². The Hall–Kier alpha value is -2.72. The lowest BCUT2D eigenvalue weighted by Crippen LogP contribution is -2.36. The molecule has 1 atom stereocenters. The van der Waals surface area contributed by atoms with Crippen molar-refractivity contribution >= 4 is 23.0 Å². The standard InChI is InChI=1S/C23H24N2O2/c1-16-6-4-5-13-25(16)15-17-9-11-18(12-10-17)24-21-14-22(26)23(27)20-8-3-2-7-19(20)21/h2-3,7-12,14,16,24H,4-6,13,15H2,1H3/t16-/m1/s1. The summed E-state index contributed by atoms with van der Waals surface area (Å²) < 4.78 is 0. The number of nitrogens with zero attached hydrogens (tertiary/aromatic N) is 1. The third-order valence-corrected chi connectivity index (χ3v) is 5.52. The van der Waals surface area contributed by atoms with Crippen molar-refractivity contribution in [2.45, 2.75) is 38.8 Å². The van der Waals surface area contributed by atoms with Crippen molar-refractivity contribution in [1.29, 1.82) is 0 Å². The molecule has 0 saturated carbocycles. The number of likely N-dealkylation sites (tertiary alicyclic amines) is 1. The van der Waals surface area contributed by atoms with Gasteiger partial charge in [0, 0.05) is 35.5 Å². The molecule has 0 amide bonds. The van der Waals surface area contributed by atoms with E-state index in [4.69, 9.17) is 0 Å². The van der Waals surface area contributed by atoms with Gasteiger partial charge in [0.2, 0.25) is 11.6 Å². The number of benzene rings is 2. The first-order valence-electron chi connectivity index (χ1n) is 9.61. The zero-order valence-electron chi connectivity index (χ0n) is 15.6. The van der Waals surface area contributed by atoms with Crippen LogP contribution in [0.2, 0.25) is 0 Å². The summed E-state index contributed by atoms with van der Waals surface area (Å²) in [5, 5.41) is 3.30. The summed E-state index contributed by atoms with van der Waals surface area (Å²) in [7, 11) is 0. The fourth-order valence-corrected chi connectivity index (χ4v) is 3.90. The van der Waals surface area contributed by atoms with Gasteiger partial charge in [0.1, 0.15) is 0 Å². The Kier molecular flexibility index (Phi) is 4.90. The van der Waals surface area contributed by atoms with Crippen LogP contribution in [0, 0.1) is 0 Å². The first kappa shape index (κ1) is 17.7. The molecule has 1 aliphatic carbocycles. The van der Waals surface area contributed by atoms with Crippen molar-refractivity contribution in [1.82, 2.24) is 4.90 Å². The van der Waals surface area contributed by atoms with Crippen LogP contribution in [0.3, 0.4) is 0 Å². The van der Waals surface area contributed by atoms with E-state index in [0.717, 1.165) is 17.8 Å². The van der Waals surface area contributed by atoms with Crippen LogP contribution < -0.4 is 5.32 Å². The first-order valence-corrected chi connectivity index (χ1v) is 9.61. The van der Waals surface area contributed by atoms with E-state index in [9.17, 15) is 9.59 Å². The second-order valence-corrected chi connectivity index (χ2v) is 7.43. The van der Waals surface area contributed by atoms with Crippen LogP contribution >= 0.6 is 0 Å². The minimum Gasteiger partial charge on any atom is -0.355 e. The maximum Gasteiger partial charge on any atom is 0.233 e. The smallest absolute Gasteiger partial charge is 0.233 e. The fourth-order valence-electron chi connectivity index (χ4n) is 3.90. The lowest BCUT2D eigenvalue weighted by Gasteiger charge is -2.33. The minimum atomic E-state index is -0.480. The van der Waals surface area contributed by atoms with Crippen molar-refractivity contribution in [2.24, 2.45) is 0 Å². The number of anilines is 1. The average Bonchev–Trinajstić information content (AvgIpc) is 2.69. The van der Waals surface area contributed by atoms with Crippen molar-refractivity contribution < 1.29 is 9.59 Å². The molecule has 1 aliphatic heterocycles. The normalized spacial score (nSPS) is 20.2. The van der Waals surface area contributed by atoms with Gasteiger partial charge in [-0.1, -0.05) is 42.8 Å². The number of piperidine rings is 1. The fraction of sp³-hybridized carbons (Fsp3) is 0.304. The topological polar surface area (TPSA) is 49.4 Å². The molecular weight excluding hydrogens is 336 g/mol. The number of carbonyl (C=O) groups excluding carboxylic acids is 2. The largest absolute Gasteiger partial charge is 0.355 e. The number of fused-ring (bicyclic) bond motifs is 1. The van der Waals surface area contributed by atoms with Crippen LogP contribution in [-0.2, 0) is 11.3 Å². The summed E-state index contributed by atoms with van der Waals surface area (Å²) in [6, 6.07) is 16.2. The quantitative estimate of drug-likeness (QED) is 0.827. The SMILES string of the molecule is C[C@@H]1CCCCN1Cc1ccc(NC2=CC(=O)C(=O)c3ccccc32)cc1. The molecule has 4 heteroatoms. The molecule has 4 nitrogen and oxygen atoms in total. The van der Waals surface area contributed by atoms with Crippen LogP contribution in [0.25, 0.3) is 5.70 Å². The predicted octanol–water partition coefficient (Wildman–Crippen LogP) is 4.28. The highest BCUT2D eigenvalue weighted by Gasteiger charge is 2.25. The Labute approximate surface area is 159 Å². The zero-order chi connectivity index (χ0) is 18.8. The van der Waals surface area contributed by atoms with Crippen LogP contribution in [0.5, 0.6) is 0 Å². The number of nitrogens with one attached hydrogen (secondary N) is 1. The van der Waals surface area contributed by atoms with Gasteiger partial charge >= 0.3 is 0 Å². The summed E-state index contributed by atoms with van der Waals surface area (Å²) in [6.07, 6.45) is 5.29. The van der Waals surface area contributed by atoms with Crippen LogP contribution in [0.4, 0.5) is 5.69 Å². The van der Waals surface area contributed by atoms with Gasteiger partial charge in [-0.25, -0.2) is 0 Å². The maximum absolute atomic E-state index is 12.0. The highest BCUT2D eigenvalue weighted by molar-refractivity contribution is 6.50. The monoisotopic (exact) mass is 360 g/mol. The molecule has 0 spiro atoms. The molecular formula is C23H24N2O2. The highest BCUT2D eigenvalue weighted by atomic mass is 16.2. The molecule has 1 N–H and O–H groups in total. The van der Waals surface area contributed by atoms with Gasteiger partial charge in [-0.05, 0) is 44.0 Å². The molecule has 2 aromatic carbocycles. The molecule has 1 saturated heterocycles. The molecule has 0 aromatic heterocycles. The lowest BCUT2D eigenvalue weighted by molar-refractivity contribution is -0.111. The van der Waals surface area contributed by atoms with Crippen molar-refractivity contribution in [3.8, 4) is 0 Å². The summed E-state index contributed by atoms with van der Waals surface area (Å²) >= 11 is 0. The summed E-state index contributed by atoms with van der Waals surface area (Å²) in [5.41, 5.74) is 4.11. The number of rotatable bonds is 4. The lowest BCUT2D eigenvalue weighted by atomic mass is 9.92. The number of hydrogen-bond donors (Lipinski definition) is 1. The summed E-state index contributed by atoms with van der Waals surface area (Å²) in [5.74, 6) is -0.922. The Morgan fingerprint density at radius 2 is 1.74 bits per heavy atom. The number of hydrogen-bond acceptors (Lipinski definition) is 4. The summed E-state index contributed by atoms with van der Waals surface area (Å²) in [6.45, 7) is 4.45. The van der Waals surface area contributed by atoms with E-state index in [1.165, 1.54) is 37.4 Å². The minimum absolute atomic E-state index is 0.442. The average molecular weight is 360 g/mol. The molecule has 2 aliphatic rings. The van der Waals surface area contributed by atoms with Crippen LogP contribution in [-0.4, -0.2) is 29.1 Å². The van der Waals surface area contributed by atoms with Gasteiger partial charge in [0.25, 0.3) is 0 Å². The number of allylic oxidation sites excluding steroid dienone is 1. The van der Waals surface area contributed by atoms with E-state index in [0.29, 0.717) is 17.3 Å². The van der Waals surface area contributed by atoms with Crippen molar-refractivity contribution in [3.63, 3.8) is 0 Å². The van der Waals surface area contributed by atoms with Crippen LogP contribution in [0.1, 0.15) is 47.7 Å². The first-order chi connectivity index (χ1) is 13.1. The van der Waals surface area contributed by atoms with Gasteiger partial charge in [0.15, 0.2) is 0 Å². The van der Waals surface area contributed by atoms with Crippen LogP contribution in [0.15, 0.2) is 54.6 Å². The van der Waals surface area contributed by atoms with Crippen molar-refractivity contribution in [2.75, 3.05) is 11.9 Å². The molecule has 27 heavy (non-hydrogen) atoms. The second-order valence-electron chi connectivity index (χ2n) is 7.43. The molecule has 1 fully saturated rings. The van der Waals surface area contributed by atoms with E-state index in [-0.39, 0.29) is 0 Å². The predicted molar refractivity (Wildman–Crippen MR) is 108 cm³/mol. The molecule has 0 unspecified atom stereocenters. The second kappa shape index (κ2) is 7.49. The molecule has 4 rings (SSSR count). The third-order valence-electron chi connectivity index (χ3n) is 5.52. The molecule has 2 aromatic rings. The Morgan fingerprint density at radius 3 is 2.48 bits per heavy atom. The van der Waals surface area contributed by atoms with Gasteiger partial charge in [-0.3, -0.25) is 14.5 Å². The van der Waals surface area contributed by atoms with E-state index in [1.54, 1.807) is 12.1 Å². The third kappa shape index (κ3) is 3.71. The van der Waals surface area contributed by atoms with E-state index in [2.05, 4.69) is 29.3 Å². The zero-order valence-corrected chi connectivity index (χ0v) is 15.6. The van der Waals surface area contributed by atoms with E-state index >= 15 is 0 Å². The number of ketones is 2. The van der Waals surface area contributed by atoms with Gasteiger partial charge < -0.3 is 5.32 Å². The summed E-state index contributed by atoms with van der Waals surface area (Å²) in [4.78, 5) is 26.6. The van der Waals surface area contributed by atoms with Gasteiger partial charge in [-0.2, -0.15) is 0 Å². The van der Waals surface area contributed by atoms with Crippen molar-refractivity contribution in [3.05, 3.63) is 71.3 Å². The Balaban J connectivity index is 1.49. The van der Waals surface area contributed by atoms with Gasteiger partial charge in [0.05, 0.1) is 5.70 Å². The molecule has 0 bridgehead atoms. The maximum atomic E-state index is 12.0. The number of carbonyl (C=O) groups is 2. The van der Waals surface area contributed by atoms with E-state index in [1.807, 2.05) is 24.3 Å². The number of Topliss-reactive ketones (excluding diaryl/α,β-unsaturated/α-hetero) is 1.